The Morgan fingerprint density at radius 2 is 0.848 bits per heavy atom. The molecular weight excluding hydrogens is 588 g/mol. The molecule has 0 atom stereocenters. The molecule has 0 unspecified atom stereocenters. The fraction of sp³-hybridized carbons (Fsp3) is 0.333. The number of carbonyl (C=O) groups excluding carboxylic acids is 2. The Kier molecular flexibility index (Phi) is 11.0. The summed E-state index contributed by atoms with van der Waals surface area (Å²) in [7, 11) is 6.34. The largest absolute Gasteiger partial charge is 0.493 e. The monoisotopic (exact) mass is 628 g/mol. The standard InChI is InChI=1S/C36H40N2O8/c1-41-31-11-9-27(21-33(31)43-3)29(23-35(39)37-13-17-45-18-14-37)25-5-7-26(8-6-25)30(24-36(40)38-15-19-46-20-16-38)28-10-12-32(42-2)34(22-28)44-4/h5-12,21-24H,13-20H2,1-4H3. The highest BCUT2D eigenvalue weighted by atomic mass is 16.5. The lowest BCUT2D eigenvalue weighted by atomic mass is 9.92. The van der Waals surface area contributed by atoms with Crippen molar-refractivity contribution in [1.82, 2.24) is 9.80 Å². The summed E-state index contributed by atoms with van der Waals surface area (Å²) in [6, 6.07) is 19.0. The number of hydrogen-bond donors (Lipinski definition) is 0. The van der Waals surface area contributed by atoms with Crippen molar-refractivity contribution in [2.45, 2.75) is 0 Å². The summed E-state index contributed by atoms with van der Waals surface area (Å²) in [6.07, 6.45) is 3.32. The van der Waals surface area contributed by atoms with E-state index in [1.165, 1.54) is 0 Å². The van der Waals surface area contributed by atoms with Crippen molar-refractivity contribution >= 4 is 23.0 Å². The molecular formula is C36H40N2O8. The van der Waals surface area contributed by atoms with Gasteiger partial charge in [0.1, 0.15) is 0 Å². The molecule has 2 amide bonds. The number of hydrogen-bond acceptors (Lipinski definition) is 8. The van der Waals surface area contributed by atoms with E-state index in [1.807, 2.05) is 60.7 Å². The first-order chi connectivity index (χ1) is 22.4. The van der Waals surface area contributed by atoms with Gasteiger partial charge in [-0.3, -0.25) is 9.59 Å². The summed E-state index contributed by atoms with van der Waals surface area (Å²) in [6.45, 7) is 4.16. The van der Waals surface area contributed by atoms with Gasteiger partial charge >= 0.3 is 0 Å². The van der Waals surface area contributed by atoms with Gasteiger partial charge in [-0.2, -0.15) is 0 Å². The molecule has 0 N–H and O–H groups in total. The van der Waals surface area contributed by atoms with Gasteiger partial charge in [0.15, 0.2) is 23.0 Å². The van der Waals surface area contributed by atoms with Crippen molar-refractivity contribution in [3.8, 4) is 23.0 Å². The molecule has 10 nitrogen and oxygen atoms in total. The van der Waals surface area contributed by atoms with Gasteiger partial charge in [-0.25, -0.2) is 0 Å². The smallest absolute Gasteiger partial charge is 0.247 e. The summed E-state index contributed by atoms with van der Waals surface area (Å²) >= 11 is 0. The van der Waals surface area contributed by atoms with Crippen LogP contribution in [-0.4, -0.2) is 103 Å². The van der Waals surface area contributed by atoms with Crippen LogP contribution in [0, 0.1) is 0 Å². The van der Waals surface area contributed by atoms with Gasteiger partial charge in [0.25, 0.3) is 0 Å². The lowest BCUT2D eigenvalue weighted by molar-refractivity contribution is -0.130. The predicted molar refractivity (Wildman–Crippen MR) is 174 cm³/mol. The predicted octanol–water partition coefficient (Wildman–Crippen LogP) is 4.30. The van der Waals surface area contributed by atoms with Gasteiger partial charge in [-0.05, 0) is 57.7 Å². The van der Waals surface area contributed by atoms with E-state index in [2.05, 4.69) is 0 Å². The maximum Gasteiger partial charge on any atom is 0.247 e. The molecule has 0 aliphatic carbocycles. The third-order valence-electron chi connectivity index (χ3n) is 8.08. The molecule has 2 aliphatic rings. The average molecular weight is 629 g/mol. The minimum atomic E-state index is -0.0980. The van der Waals surface area contributed by atoms with E-state index in [4.69, 9.17) is 28.4 Å². The fourth-order valence-corrected chi connectivity index (χ4v) is 5.50. The first-order valence-electron chi connectivity index (χ1n) is 15.2. The normalized spacial score (nSPS) is 15.7. The molecule has 0 spiro atoms. The zero-order valence-electron chi connectivity index (χ0n) is 26.7. The van der Waals surface area contributed by atoms with Crippen molar-refractivity contribution in [2.75, 3.05) is 81.0 Å². The third-order valence-corrected chi connectivity index (χ3v) is 8.08. The van der Waals surface area contributed by atoms with Crippen molar-refractivity contribution in [3.63, 3.8) is 0 Å². The van der Waals surface area contributed by atoms with E-state index >= 15 is 0 Å². The van der Waals surface area contributed by atoms with Crippen LogP contribution in [0.4, 0.5) is 0 Å². The van der Waals surface area contributed by atoms with Crippen molar-refractivity contribution in [3.05, 3.63) is 95.1 Å². The molecule has 242 valence electrons. The molecule has 0 aromatic heterocycles. The quantitative estimate of drug-likeness (QED) is 0.307. The number of amides is 2. The molecule has 2 aliphatic heterocycles. The Hall–Kier alpha value is -4.80. The number of benzene rings is 3. The number of morpholine rings is 2. The van der Waals surface area contributed by atoms with Gasteiger partial charge in [0.2, 0.25) is 11.8 Å². The highest BCUT2D eigenvalue weighted by Crippen LogP contribution is 2.36. The van der Waals surface area contributed by atoms with Crippen molar-refractivity contribution < 1.29 is 38.0 Å². The van der Waals surface area contributed by atoms with Crippen LogP contribution in [0.5, 0.6) is 23.0 Å². The summed E-state index contributed by atoms with van der Waals surface area (Å²) < 4.78 is 32.9. The fourth-order valence-electron chi connectivity index (χ4n) is 5.50. The molecule has 0 bridgehead atoms. The molecule has 0 radical (unpaired) electrons. The maximum atomic E-state index is 13.4. The van der Waals surface area contributed by atoms with Gasteiger partial charge < -0.3 is 38.2 Å². The van der Waals surface area contributed by atoms with Crippen molar-refractivity contribution in [2.24, 2.45) is 0 Å². The highest BCUT2D eigenvalue weighted by Gasteiger charge is 2.20. The second-order valence-corrected chi connectivity index (χ2v) is 10.7. The lowest BCUT2D eigenvalue weighted by Crippen LogP contribution is -2.39. The molecule has 2 saturated heterocycles. The molecule has 0 saturated carbocycles. The van der Waals surface area contributed by atoms with Crippen LogP contribution in [0.3, 0.4) is 0 Å². The van der Waals surface area contributed by atoms with E-state index in [0.717, 1.165) is 33.4 Å². The maximum absolute atomic E-state index is 13.4. The van der Waals surface area contributed by atoms with Gasteiger partial charge in [-0.15, -0.1) is 0 Å². The van der Waals surface area contributed by atoms with Crippen LogP contribution in [-0.2, 0) is 19.1 Å². The number of carbonyl (C=O) groups is 2. The van der Waals surface area contributed by atoms with E-state index in [9.17, 15) is 9.59 Å². The van der Waals surface area contributed by atoms with Gasteiger partial charge in [0.05, 0.1) is 54.9 Å². The Balaban J connectivity index is 1.57. The third kappa shape index (κ3) is 7.52. The summed E-state index contributed by atoms with van der Waals surface area (Å²) in [5.41, 5.74) is 4.69. The first kappa shape index (κ1) is 32.6. The Morgan fingerprint density at radius 3 is 1.17 bits per heavy atom. The van der Waals surface area contributed by atoms with Gasteiger partial charge in [-0.1, -0.05) is 36.4 Å². The zero-order chi connectivity index (χ0) is 32.5. The van der Waals surface area contributed by atoms with Crippen LogP contribution in [0.1, 0.15) is 22.3 Å². The molecule has 3 aromatic carbocycles. The summed E-state index contributed by atoms with van der Waals surface area (Å²) in [5.74, 6) is 2.10. The van der Waals surface area contributed by atoms with Crippen LogP contribution < -0.4 is 18.9 Å². The number of ether oxygens (including phenoxy) is 6. The SMILES string of the molecule is COc1ccc(C(=CC(=O)N2CCOCC2)c2ccc(C(=CC(=O)N3CCOCC3)c3ccc(OC)c(OC)c3)cc2)cc1OC. The molecule has 5 rings (SSSR count). The highest BCUT2D eigenvalue weighted by molar-refractivity contribution is 6.01. The Morgan fingerprint density at radius 1 is 0.522 bits per heavy atom. The average Bonchev–Trinajstić information content (AvgIpc) is 3.12. The van der Waals surface area contributed by atoms with E-state index in [-0.39, 0.29) is 11.8 Å². The Labute approximate surface area is 269 Å². The van der Waals surface area contributed by atoms with Crippen LogP contribution in [0.25, 0.3) is 11.1 Å². The second-order valence-electron chi connectivity index (χ2n) is 10.7. The van der Waals surface area contributed by atoms with Gasteiger partial charge in [0, 0.05) is 38.3 Å². The minimum absolute atomic E-state index is 0.0980. The number of rotatable bonds is 10. The molecule has 10 heteroatoms. The second kappa shape index (κ2) is 15.5. The van der Waals surface area contributed by atoms with E-state index in [1.54, 1.807) is 50.4 Å². The molecule has 2 fully saturated rings. The minimum Gasteiger partial charge on any atom is -0.493 e. The van der Waals surface area contributed by atoms with E-state index < -0.39 is 0 Å². The van der Waals surface area contributed by atoms with Crippen LogP contribution in [0.15, 0.2) is 72.8 Å². The number of methoxy groups -OCH3 is 4. The van der Waals surface area contributed by atoms with Crippen LogP contribution >= 0.6 is 0 Å². The Bertz CT molecular complexity index is 1470. The van der Waals surface area contributed by atoms with Crippen molar-refractivity contribution in [1.29, 1.82) is 0 Å². The van der Waals surface area contributed by atoms with E-state index in [0.29, 0.717) is 75.6 Å². The molecule has 3 aromatic rings. The number of nitrogens with zero attached hydrogens (tertiary/aromatic N) is 2. The summed E-state index contributed by atoms with van der Waals surface area (Å²) in [4.78, 5) is 30.4. The lowest BCUT2D eigenvalue weighted by Gasteiger charge is -2.26. The molecule has 46 heavy (non-hydrogen) atoms. The summed E-state index contributed by atoms with van der Waals surface area (Å²) in [5, 5.41) is 0. The first-order valence-corrected chi connectivity index (χ1v) is 15.2. The topological polar surface area (TPSA) is 96.0 Å². The zero-order valence-corrected chi connectivity index (χ0v) is 26.7. The van der Waals surface area contributed by atoms with Crippen LogP contribution in [0.2, 0.25) is 0 Å². The molecule has 2 heterocycles.